The van der Waals surface area contributed by atoms with E-state index >= 15 is 0 Å². The van der Waals surface area contributed by atoms with Crippen LogP contribution in [-0.2, 0) is 23.1 Å². The summed E-state index contributed by atoms with van der Waals surface area (Å²) in [6.45, 7) is 2.76. The fourth-order valence-corrected chi connectivity index (χ4v) is 3.17. The molecular formula is C15H20N2O3S. The summed E-state index contributed by atoms with van der Waals surface area (Å²) in [6.07, 6.45) is 0. The van der Waals surface area contributed by atoms with Crippen molar-refractivity contribution < 1.29 is 12.8 Å². The average Bonchev–Trinajstić information content (AvgIpc) is 2.85. The van der Waals surface area contributed by atoms with Gasteiger partial charge < -0.3 is 9.73 Å². The summed E-state index contributed by atoms with van der Waals surface area (Å²) in [5, 5.41) is 3.03. The maximum atomic E-state index is 12.5. The molecule has 2 rings (SSSR count). The topological polar surface area (TPSA) is 62.6 Å². The number of hydrogen-bond acceptors (Lipinski definition) is 4. The van der Waals surface area contributed by atoms with Crippen LogP contribution in [0.1, 0.15) is 17.1 Å². The standard InChI is InChI=1S/C15H20N2O3S/c1-12-4-7-14(20-12)11-17(3)21(18,19)15-8-5-13(6-9-15)10-16-2/h4-9,16H,10-11H2,1-3H3. The molecule has 5 nitrogen and oxygen atoms in total. The molecule has 1 aromatic heterocycles. The zero-order valence-electron chi connectivity index (χ0n) is 12.5. The lowest BCUT2D eigenvalue weighted by atomic mass is 10.2. The Hall–Kier alpha value is -1.63. The average molecular weight is 308 g/mol. The molecule has 0 fully saturated rings. The number of benzene rings is 1. The van der Waals surface area contributed by atoms with E-state index < -0.39 is 10.0 Å². The van der Waals surface area contributed by atoms with Crippen molar-refractivity contribution in [3.8, 4) is 0 Å². The molecule has 114 valence electrons. The number of nitrogens with zero attached hydrogens (tertiary/aromatic N) is 1. The van der Waals surface area contributed by atoms with Crippen molar-refractivity contribution >= 4 is 10.0 Å². The van der Waals surface area contributed by atoms with E-state index in [1.54, 1.807) is 25.2 Å². The van der Waals surface area contributed by atoms with Gasteiger partial charge in [0.05, 0.1) is 11.4 Å². The minimum absolute atomic E-state index is 0.217. The highest BCUT2D eigenvalue weighted by Gasteiger charge is 2.21. The lowest BCUT2D eigenvalue weighted by Crippen LogP contribution is -2.26. The van der Waals surface area contributed by atoms with E-state index in [4.69, 9.17) is 4.42 Å². The van der Waals surface area contributed by atoms with Gasteiger partial charge in [-0.1, -0.05) is 12.1 Å². The molecule has 1 aromatic carbocycles. The van der Waals surface area contributed by atoms with Gasteiger partial charge in [0.25, 0.3) is 0 Å². The third-order valence-electron chi connectivity index (χ3n) is 3.19. The molecule has 0 aliphatic rings. The van der Waals surface area contributed by atoms with Crippen LogP contribution in [0.25, 0.3) is 0 Å². The van der Waals surface area contributed by atoms with Crippen molar-refractivity contribution in [2.75, 3.05) is 14.1 Å². The van der Waals surface area contributed by atoms with Gasteiger partial charge in [0.15, 0.2) is 0 Å². The third kappa shape index (κ3) is 3.72. The zero-order chi connectivity index (χ0) is 15.5. The van der Waals surface area contributed by atoms with E-state index in [2.05, 4.69) is 5.32 Å². The largest absolute Gasteiger partial charge is 0.465 e. The van der Waals surface area contributed by atoms with Crippen LogP contribution < -0.4 is 5.32 Å². The molecule has 0 amide bonds. The molecule has 1 heterocycles. The Kier molecular flexibility index (Phi) is 4.82. The second-order valence-corrected chi connectivity index (χ2v) is 6.99. The summed E-state index contributed by atoms with van der Waals surface area (Å²) in [4.78, 5) is 0.285. The number of sulfonamides is 1. The van der Waals surface area contributed by atoms with E-state index in [0.29, 0.717) is 12.3 Å². The number of aryl methyl sites for hydroxylation is 1. The van der Waals surface area contributed by atoms with Crippen molar-refractivity contribution in [3.05, 3.63) is 53.5 Å². The van der Waals surface area contributed by atoms with Crippen molar-refractivity contribution in [3.63, 3.8) is 0 Å². The van der Waals surface area contributed by atoms with Gasteiger partial charge >= 0.3 is 0 Å². The lowest BCUT2D eigenvalue weighted by Gasteiger charge is -2.16. The Morgan fingerprint density at radius 1 is 1.14 bits per heavy atom. The van der Waals surface area contributed by atoms with Crippen LogP contribution in [0.4, 0.5) is 0 Å². The molecule has 6 heteroatoms. The molecule has 0 aliphatic carbocycles. The molecule has 0 radical (unpaired) electrons. The number of furan rings is 1. The predicted octanol–water partition coefficient (Wildman–Crippen LogP) is 2.13. The van der Waals surface area contributed by atoms with E-state index in [9.17, 15) is 8.42 Å². The van der Waals surface area contributed by atoms with Crippen LogP contribution in [-0.4, -0.2) is 26.8 Å². The van der Waals surface area contributed by atoms with E-state index in [0.717, 1.165) is 11.3 Å². The highest BCUT2D eigenvalue weighted by Crippen LogP contribution is 2.18. The first kappa shape index (κ1) is 15.8. The van der Waals surface area contributed by atoms with E-state index in [1.165, 1.54) is 4.31 Å². The smallest absolute Gasteiger partial charge is 0.243 e. The minimum Gasteiger partial charge on any atom is -0.465 e. The molecule has 0 spiro atoms. The van der Waals surface area contributed by atoms with Crippen molar-refractivity contribution in [1.82, 2.24) is 9.62 Å². The SMILES string of the molecule is CNCc1ccc(S(=O)(=O)N(C)Cc2ccc(C)o2)cc1. The fourth-order valence-electron chi connectivity index (χ4n) is 2.04. The normalized spacial score (nSPS) is 12.0. The molecule has 0 saturated carbocycles. The Bertz CT molecular complexity index is 690. The van der Waals surface area contributed by atoms with Gasteiger partial charge in [-0.2, -0.15) is 4.31 Å². The maximum Gasteiger partial charge on any atom is 0.243 e. The van der Waals surface area contributed by atoms with Crippen LogP contribution in [0.3, 0.4) is 0 Å². The first-order valence-electron chi connectivity index (χ1n) is 6.68. The molecule has 0 aliphatic heterocycles. The highest BCUT2D eigenvalue weighted by atomic mass is 32.2. The maximum absolute atomic E-state index is 12.5. The highest BCUT2D eigenvalue weighted by molar-refractivity contribution is 7.89. The van der Waals surface area contributed by atoms with Gasteiger partial charge in [0.1, 0.15) is 11.5 Å². The third-order valence-corrected chi connectivity index (χ3v) is 5.00. The first-order chi connectivity index (χ1) is 9.93. The summed E-state index contributed by atoms with van der Waals surface area (Å²) >= 11 is 0. The monoisotopic (exact) mass is 308 g/mol. The molecule has 21 heavy (non-hydrogen) atoms. The van der Waals surface area contributed by atoms with Crippen LogP contribution >= 0.6 is 0 Å². The van der Waals surface area contributed by atoms with Gasteiger partial charge in [-0.25, -0.2) is 8.42 Å². The van der Waals surface area contributed by atoms with Crippen LogP contribution in [0.2, 0.25) is 0 Å². The van der Waals surface area contributed by atoms with Crippen LogP contribution in [0, 0.1) is 6.92 Å². The number of rotatable bonds is 6. The predicted molar refractivity (Wildman–Crippen MR) is 81.3 cm³/mol. The lowest BCUT2D eigenvalue weighted by molar-refractivity contribution is 0.397. The second kappa shape index (κ2) is 6.43. The Morgan fingerprint density at radius 3 is 2.33 bits per heavy atom. The summed E-state index contributed by atoms with van der Waals surface area (Å²) in [5.74, 6) is 1.40. The molecule has 0 atom stereocenters. The van der Waals surface area contributed by atoms with Gasteiger partial charge in [-0.15, -0.1) is 0 Å². The zero-order valence-corrected chi connectivity index (χ0v) is 13.3. The summed E-state index contributed by atoms with van der Waals surface area (Å²) in [7, 11) is -0.105. The van der Waals surface area contributed by atoms with Gasteiger partial charge in [0, 0.05) is 13.6 Å². The fraction of sp³-hybridized carbons (Fsp3) is 0.333. The van der Waals surface area contributed by atoms with Crippen LogP contribution in [0.15, 0.2) is 45.7 Å². The molecule has 0 unspecified atom stereocenters. The molecule has 2 aromatic rings. The van der Waals surface area contributed by atoms with Gasteiger partial charge in [-0.3, -0.25) is 0 Å². The van der Waals surface area contributed by atoms with Crippen molar-refractivity contribution in [1.29, 1.82) is 0 Å². The minimum atomic E-state index is -3.51. The number of nitrogens with one attached hydrogen (secondary N) is 1. The van der Waals surface area contributed by atoms with Crippen molar-refractivity contribution in [2.45, 2.75) is 24.9 Å². The Labute approximate surface area is 125 Å². The Morgan fingerprint density at radius 2 is 1.81 bits per heavy atom. The van der Waals surface area contributed by atoms with Gasteiger partial charge in [0.2, 0.25) is 10.0 Å². The summed E-state index contributed by atoms with van der Waals surface area (Å²) in [6, 6.07) is 10.5. The molecule has 0 saturated heterocycles. The second-order valence-electron chi connectivity index (χ2n) is 4.95. The molecule has 0 bridgehead atoms. The summed E-state index contributed by atoms with van der Waals surface area (Å²) in [5.41, 5.74) is 1.04. The van der Waals surface area contributed by atoms with Gasteiger partial charge in [-0.05, 0) is 43.8 Å². The Balaban J connectivity index is 2.16. The van der Waals surface area contributed by atoms with E-state index in [1.807, 2.05) is 32.2 Å². The van der Waals surface area contributed by atoms with Crippen molar-refractivity contribution in [2.24, 2.45) is 0 Å². The first-order valence-corrected chi connectivity index (χ1v) is 8.12. The number of hydrogen-bond donors (Lipinski definition) is 1. The molecular weight excluding hydrogens is 288 g/mol. The quantitative estimate of drug-likeness (QED) is 0.888. The molecule has 1 N–H and O–H groups in total. The summed E-state index contributed by atoms with van der Waals surface area (Å²) < 4.78 is 31.7. The van der Waals surface area contributed by atoms with E-state index in [-0.39, 0.29) is 11.4 Å². The van der Waals surface area contributed by atoms with Crippen LogP contribution in [0.5, 0.6) is 0 Å².